The predicted octanol–water partition coefficient (Wildman–Crippen LogP) is 2.10. The van der Waals surface area contributed by atoms with Crippen molar-refractivity contribution in [3.63, 3.8) is 0 Å². The molecule has 1 aromatic rings. The Morgan fingerprint density at radius 1 is 1.45 bits per heavy atom. The van der Waals surface area contributed by atoms with Crippen LogP contribution in [-0.2, 0) is 10.2 Å². The fourth-order valence-electron chi connectivity index (χ4n) is 3.64. The SMILES string of the molecule is CNC[C@H]1CCN(C(=O)C2(c3ccc(C)c(OC)c3)CC2)C1. The van der Waals surface area contributed by atoms with Crippen LogP contribution in [0.15, 0.2) is 18.2 Å². The minimum absolute atomic E-state index is 0.282. The summed E-state index contributed by atoms with van der Waals surface area (Å²) in [6.45, 7) is 4.82. The molecular formula is C18H26N2O2. The zero-order chi connectivity index (χ0) is 15.7. The molecule has 0 radical (unpaired) electrons. The normalized spacial score (nSPS) is 22.7. The third-order valence-corrected chi connectivity index (χ3v) is 5.19. The zero-order valence-electron chi connectivity index (χ0n) is 13.8. The van der Waals surface area contributed by atoms with Crippen LogP contribution in [0.3, 0.4) is 0 Å². The zero-order valence-corrected chi connectivity index (χ0v) is 13.8. The Kier molecular flexibility index (Phi) is 4.13. The van der Waals surface area contributed by atoms with E-state index in [-0.39, 0.29) is 5.41 Å². The molecule has 120 valence electrons. The molecule has 22 heavy (non-hydrogen) atoms. The number of benzene rings is 1. The van der Waals surface area contributed by atoms with E-state index >= 15 is 0 Å². The van der Waals surface area contributed by atoms with E-state index < -0.39 is 0 Å². The number of hydrogen-bond acceptors (Lipinski definition) is 3. The summed E-state index contributed by atoms with van der Waals surface area (Å²) in [4.78, 5) is 15.1. The molecule has 1 aromatic carbocycles. The van der Waals surface area contributed by atoms with Crippen molar-refractivity contribution in [1.82, 2.24) is 10.2 Å². The Bertz CT molecular complexity index is 566. The summed E-state index contributed by atoms with van der Waals surface area (Å²) in [5.74, 6) is 1.79. The average Bonchev–Trinajstić information content (AvgIpc) is 3.21. The van der Waals surface area contributed by atoms with Crippen molar-refractivity contribution >= 4 is 5.91 Å². The van der Waals surface area contributed by atoms with Crippen LogP contribution in [0.1, 0.15) is 30.4 Å². The van der Waals surface area contributed by atoms with Crippen molar-refractivity contribution in [2.45, 2.75) is 31.6 Å². The number of nitrogens with one attached hydrogen (secondary N) is 1. The maximum atomic E-state index is 13.0. The Hall–Kier alpha value is -1.55. The monoisotopic (exact) mass is 302 g/mol. The number of likely N-dealkylation sites (tertiary alicyclic amines) is 1. The van der Waals surface area contributed by atoms with Crippen molar-refractivity contribution in [3.05, 3.63) is 29.3 Å². The molecule has 1 atom stereocenters. The number of carbonyl (C=O) groups excluding carboxylic acids is 1. The lowest BCUT2D eigenvalue weighted by Gasteiger charge is -2.24. The maximum Gasteiger partial charge on any atom is 0.233 e. The molecule has 0 spiro atoms. The van der Waals surface area contributed by atoms with Gasteiger partial charge in [0, 0.05) is 13.1 Å². The van der Waals surface area contributed by atoms with Crippen molar-refractivity contribution in [2.75, 3.05) is 33.8 Å². The van der Waals surface area contributed by atoms with Gasteiger partial charge < -0.3 is 15.0 Å². The van der Waals surface area contributed by atoms with Crippen LogP contribution < -0.4 is 10.1 Å². The summed E-state index contributed by atoms with van der Waals surface area (Å²) in [7, 11) is 3.67. The Morgan fingerprint density at radius 2 is 2.23 bits per heavy atom. The molecular weight excluding hydrogens is 276 g/mol. The van der Waals surface area contributed by atoms with Gasteiger partial charge in [-0.3, -0.25) is 4.79 Å². The fourth-order valence-corrected chi connectivity index (χ4v) is 3.64. The van der Waals surface area contributed by atoms with Crippen LogP contribution in [0.25, 0.3) is 0 Å². The number of hydrogen-bond donors (Lipinski definition) is 1. The first-order valence-electron chi connectivity index (χ1n) is 8.20. The maximum absolute atomic E-state index is 13.0. The predicted molar refractivity (Wildman–Crippen MR) is 87.3 cm³/mol. The van der Waals surface area contributed by atoms with Gasteiger partial charge in [0.1, 0.15) is 5.75 Å². The van der Waals surface area contributed by atoms with Gasteiger partial charge in [0.05, 0.1) is 12.5 Å². The molecule has 4 heteroatoms. The number of methoxy groups -OCH3 is 1. The molecule has 1 saturated heterocycles. The summed E-state index contributed by atoms with van der Waals surface area (Å²) >= 11 is 0. The highest BCUT2D eigenvalue weighted by atomic mass is 16.5. The molecule has 2 aliphatic rings. The molecule has 1 heterocycles. The Labute approximate surface area is 132 Å². The number of carbonyl (C=O) groups is 1. The molecule has 0 unspecified atom stereocenters. The van der Waals surface area contributed by atoms with E-state index in [4.69, 9.17) is 4.74 Å². The van der Waals surface area contributed by atoms with Crippen LogP contribution in [-0.4, -0.2) is 44.6 Å². The number of nitrogens with zero attached hydrogens (tertiary/aromatic N) is 1. The Balaban J connectivity index is 1.77. The summed E-state index contributed by atoms with van der Waals surface area (Å²) in [5.41, 5.74) is 1.96. The van der Waals surface area contributed by atoms with E-state index in [0.717, 1.165) is 55.8 Å². The first-order chi connectivity index (χ1) is 10.6. The van der Waals surface area contributed by atoms with Gasteiger partial charge in [-0.1, -0.05) is 12.1 Å². The topological polar surface area (TPSA) is 41.6 Å². The van der Waals surface area contributed by atoms with Crippen LogP contribution in [0.2, 0.25) is 0 Å². The van der Waals surface area contributed by atoms with Gasteiger partial charge in [-0.25, -0.2) is 0 Å². The summed E-state index contributed by atoms with van der Waals surface area (Å²) in [6.07, 6.45) is 3.04. The Morgan fingerprint density at radius 3 is 2.86 bits per heavy atom. The molecule has 2 fully saturated rings. The van der Waals surface area contributed by atoms with Crippen LogP contribution in [0, 0.1) is 12.8 Å². The van der Waals surface area contributed by atoms with Crippen molar-refractivity contribution < 1.29 is 9.53 Å². The van der Waals surface area contributed by atoms with E-state index in [9.17, 15) is 4.79 Å². The lowest BCUT2D eigenvalue weighted by atomic mass is 9.93. The minimum Gasteiger partial charge on any atom is -0.496 e. The molecule has 1 aliphatic carbocycles. The van der Waals surface area contributed by atoms with Crippen molar-refractivity contribution in [1.29, 1.82) is 0 Å². The smallest absolute Gasteiger partial charge is 0.233 e. The highest BCUT2D eigenvalue weighted by Crippen LogP contribution is 2.51. The van der Waals surface area contributed by atoms with Gasteiger partial charge in [0.25, 0.3) is 0 Å². The van der Waals surface area contributed by atoms with Crippen molar-refractivity contribution in [3.8, 4) is 5.75 Å². The van der Waals surface area contributed by atoms with E-state index in [1.807, 2.05) is 14.0 Å². The molecule has 1 amide bonds. The van der Waals surface area contributed by atoms with E-state index in [2.05, 4.69) is 28.4 Å². The first-order valence-corrected chi connectivity index (χ1v) is 8.20. The number of aryl methyl sites for hydroxylation is 1. The molecule has 0 aromatic heterocycles. The van der Waals surface area contributed by atoms with Gasteiger partial charge >= 0.3 is 0 Å². The largest absolute Gasteiger partial charge is 0.496 e. The second-order valence-corrected chi connectivity index (χ2v) is 6.73. The third-order valence-electron chi connectivity index (χ3n) is 5.19. The molecule has 1 aliphatic heterocycles. The van der Waals surface area contributed by atoms with Gasteiger partial charge in [0.2, 0.25) is 5.91 Å². The van der Waals surface area contributed by atoms with E-state index in [0.29, 0.717) is 11.8 Å². The van der Waals surface area contributed by atoms with Gasteiger partial charge in [-0.2, -0.15) is 0 Å². The summed E-state index contributed by atoms with van der Waals surface area (Å²) in [6, 6.07) is 6.22. The quantitative estimate of drug-likeness (QED) is 0.906. The van der Waals surface area contributed by atoms with E-state index in [1.165, 1.54) is 0 Å². The second kappa shape index (κ2) is 5.92. The van der Waals surface area contributed by atoms with Crippen LogP contribution in [0.5, 0.6) is 5.75 Å². The van der Waals surface area contributed by atoms with Gasteiger partial charge in [0.15, 0.2) is 0 Å². The second-order valence-electron chi connectivity index (χ2n) is 6.73. The fraction of sp³-hybridized carbons (Fsp3) is 0.611. The van der Waals surface area contributed by atoms with Gasteiger partial charge in [-0.15, -0.1) is 0 Å². The lowest BCUT2D eigenvalue weighted by Crippen LogP contribution is -2.38. The highest BCUT2D eigenvalue weighted by molar-refractivity contribution is 5.91. The summed E-state index contributed by atoms with van der Waals surface area (Å²) < 4.78 is 5.43. The molecule has 0 bridgehead atoms. The molecule has 4 nitrogen and oxygen atoms in total. The van der Waals surface area contributed by atoms with Gasteiger partial charge in [-0.05, 0) is 62.9 Å². The lowest BCUT2D eigenvalue weighted by molar-refractivity contribution is -0.133. The minimum atomic E-state index is -0.282. The van der Waals surface area contributed by atoms with Crippen LogP contribution in [0.4, 0.5) is 0 Å². The summed E-state index contributed by atoms with van der Waals surface area (Å²) in [5, 5.41) is 3.22. The average molecular weight is 302 g/mol. The number of amides is 1. The molecule has 1 saturated carbocycles. The highest BCUT2D eigenvalue weighted by Gasteiger charge is 2.53. The third kappa shape index (κ3) is 2.60. The van der Waals surface area contributed by atoms with Crippen LogP contribution >= 0.6 is 0 Å². The first kappa shape index (κ1) is 15.3. The molecule has 1 N–H and O–H groups in total. The number of ether oxygens (including phenoxy) is 1. The molecule has 3 rings (SSSR count). The van der Waals surface area contributed by atoms with Crippen molar-refractivity contribution in [2.24, 2.45) is 5.92 Å². The standard InChI is InChI=1S/C18H26N2O2/c1-13-4-5-15(10-16(13)22-3)18(7-8-18)17(21)20-9-6-14(12-20)11-19-2/h4-5,10,14,19H,6-9,11-12H2,1-3H3/t14-/m1/s1. The number of rotatable bonds is 5. The van der Waals surface area contributed by atoms with E-state index in [1.54, 1.807) is 7.11 Å².